The summed E-state index contributed by atoms with van der Waals surface area (Å²) in [6.07, 6.45) is 1.38. The lowest BCUT2D eigenvalue weighted by atomic mass is 9.92. The molecule has 1 unspecified atom stereocenters. The monoisotopic (exact) mass is 318 g/mol. The van der Waals surface area contributed by atoms with Gasteiger partial charge in [0.1, 0.15) is 0 Å². The van der Waals surface area contributed by atoms with E-state index in [0.717, 1.165) is 16.5 Å². The van der Waals surface area contributed by atoms with Crippen LogP contribution < -0.4 is 0 Å². The summed E-state index contributed by atoms with van der Waals surface area (Å²) in [5.41, 5.74) is 2.03. The molecule has 0 radical (unpaired) electrons. The highest BCUT2D eigenvalue weighted by molar-refractivity contribution is 9.10. The second-order valence-electron chi connectivity index (χ2n) is 4.47. The van der Waals surface area contributed by atoms with Crippen molar-refractivity contribution in [1.29, 1.82) is 0 Å². The molecular formula is C16H15BrO2. The van der Waals surface area contributed by atoms with E-state index < -0.39 is 11.9 Å². The van der Waals surface area contributed by atoms with Gasteiger partial charge in [-0.2, -0.15) is 0 Å². The number of halogens is 1. The number of carbonyl (C=O) groups is 1. The number of carboxylic acids is 1. The first kappa shape index (κ1) is 13.8. The third-order valence-corrected chi connectivity index (χ3v) is 3.66. The lowest BCUT2D eigenvalue weighted by molar-refractivity contribution is -0.138. The number of hydrogen-bond donors (Lipinski definition) is 1. The zero-order chi connectivity index (χ0) is 13.7. The zero-order valence-electron chi connectivity index (χ0n) is 10.4. The Labute approximate surface area is 121 Å². The van der Waals surface area contributed by atoms with Gasteiger partial charge in [0.2, 0.25) is 0 Å². The molecule has 2 aromatic rings. The average molecular weight is 319 g/mol. The SMILES string of the molecule is O=C(O)C(CCc1ccccc1)c1ccc(Br)cc1. The van der Waals surface area contributed by atoms with Crippen LogP contribution in [0.1, 0.15) is 23.5 Å². The van der Waals surface area contributed by atoms with Gasteiger partial charge in [-0.05, 0) is 36.1 Å². The van der Waals surface area contributed by atoms with Crippen LogP contribution in [0.3, 0.4) is 0 Å². The van der Waals surface area contributed by atoms with Gasteiger partial charge in [-0.3, -0.25) is 4.79 Å². The van der Waals surface area contributed by atoms with Crippen molar-refractivity contribution in [2.45, 2.75) is 18.8 Å². The van der Waals surface area contributed by atoms with Crippen molar-refractivity contribution in [2.75, 3.05) is 0 Å². The number of hydrogen-bond acceptors (Lipinski definition) is 1. The Bertz CT molecular complexity index is 534. The van der Waals surface area contributed by atoms with Crippen LogP contribution in [0.2, 0.25) is 0 Å². The van der Waals surface area contributed by atoms with Crippen molar-refractivity contribution >= 4 is 21.9 Å². The van der Waals surface area contributed by atoms with E-state index in [1.54, 1.807) is 0 Å². The predicted octanol–water partition coefficient (Wildman–Crippen LogP) is 4.25. The van der Waals surface area contributed by atoms with Crippen molar-refractivity contribution in [2.24, 2.45) is 0 Å². The van der Waals surface area contributed by atoms with Crippen LogP contribution >= 0.6 is 15.9 Å². The molecule has 0 bridgehead atoms. The molecule has 0 aliphatic heterocycles. The molecule has 0 aliphatic carbocycles. The molecule has 0 aliphatic rings. The molecule has 0 saturated carbocycles. The molecule has 3 heteroatoms. The Kier molecular flexibility index (Phi) is 4.74. The van der Waals surface area contributed by atoms with E-state index in [9.17, 15) is 9.90 Å². The normalized spacial score (nSPS) is 12.1. The van der Waals surface area contributed by atoms with E-state index in [1.165, 1.54) is 5.56 Å². The van der Waals surface area contributed by atoms with E-state index >= 15 is 0 Å². The van der Waals surface area contributed by atoms with Crippen LogP contribution in [0, 0.1) is 0 Å². The number of aryl methyl sites for hydroxylation is 1. The number of rotatable bonds is 5. The highest BCUT2D eigenvalue weighted by Crippen LogP contribution is 2.24. The summed E-state index contributed by atoms with van der Waals surface area (Å²) in [6.45, 7) is 0. The molecule has 19 heavy (non-hydrogen) atoms. The molecule has 0 aromatic heterocycles. The maximum absolute atomic E-state index is 11.4. The quantitative estimate of drug-likeness (QED) is 0.894. The van der Waals surface area contributed by atoms with E-state index in [2.05, 4.69) is 15.9 Å². The maximum Gasteiger partial charge on any atom is 0.310 e. The molecule has 0 spiro atoms. The van der Waals surface area contributed by atoms with Crippen molar-refractivity contribution in [1.82, 2.24) is 0 Å². The van der Waals surface area contributed by atoms with Gasteiger partial charge in [-0.15, -0.1) is 0 Å². The van der Waals surface area contributed by atoms with Gasteiger partial charge in [0, 0.05) is 4.47 Å². The van der Waals surface area contributed by atoms with Crippen molar-refractivity contribution < 1.29 is 9.90 Å². The highest BCUT2D eigenvalue weighted by Gasteiger charge is 2.19. The Hall–Kier alpha value is -1.61. The second-order valence-corrected chi connectivity index (χ2v) is 5.38. The molecule has 0 fully saturated rings. The predicted molar refractivity (Wildman–Crippen MR) is 79.3 cm³/mol. The van der Waals surface area contributed by atoms with Crippen LogP contribution in [0.4, 0.5) is 0 Å². The van der Waals surface area contributed by atoms with Gasteiger partial charge >= 0.3 is 5.97 Å². The van der Waals surface area contributed by atoms with E-state index in [4.69, 9.17) is 0 Å². The molecule has 2 aromatic carbocycles. The summed E-state index contributed by atoms with van der Waals surface area (Å²) < 4.78 is 0.962. The Morgan fingerprint density at radius 1 is 1.05 bits per heavy atom. The zero-order valence-corrected chi connectivity index (χ0v) is 12.0. The summed E-state index contributed by atoms with van der Waals surface area (Å²) >= 11 is 3.36. The number of carboxylic acid groups (broad SMARTS) is 1. The summed E-state index contributed by atoms with van der Waals surface area (Å²) in [4.78, 5) is 11.4. The van der Waals surface area contributed by atoms with Crippen molar-refractivity contribution in [3.05, 3.63) is 70.2 Å². The van der Waals surface area contributed by atoms with Crippen LogP contribution in [0.5, 0.6) is 0 Å². The van der Waals surface area contributed by atoms with Gasteiger partial charge in [0.15, 0.2) is 0 Å². The van der Waals surface area contributed by atoms with Crippen LogP contribution in [0.15, 0.2) is 59.1 Å². The fraction of sp³-hybridized carbons (Fsp3) is 0.188. The maximum atomic E-state index is 11.4. The highest BCUT2D eigenvalue weighted by atomic mass is 79.9. The smallest absolute Gasteiger partial charge is 0.310 e. The third-order valence-electron chi connectivity index (χ3n) is 3.13. The summed E-state index contributed by atoms with van der Waals surface area (Å²) in [5, 5.41) is 9.36. The molecule has 1 atom stereocenters. The van der Waals surface area contributed by atoms with E-state index in [-0.39, 0.29) is 0 Å². The van der Waals surface area contributed by atoms with Crippen molar-refractivity contribution in [3.8, 4) is 0 Å². The van der Waals surface area contributed by atoms with Gasteiger partial charge in [0.05, 0.1) is 5.92 Å². The Morgan fingerprint density at radius 2 is 1.68 bits per heavy atom. The first-order chi connectivity index (χ1) is 9.16. The second kappa shape index (κ2) is 6.53. The van der Waals surface area contributed by atoms with Gasteiger partial charge in [-0.25, -0.2) is 0 Å². The van der Waals surface area contributed by atoms with Gasteiger partial charge in [0.25, 0.3) is 0 Å². The van der Waals surface area contributed by atoms with Crippen LogP contribution in [-0.2, 0) is 11.2 Å². The molecule has 0 heterocycles. The van der Waals surface area contributed by atoms with E-state index in [0.29, 0.717) is 6.42 Å². The summed E-state index contributed by atoms with van der Waals surface area (Å²) in [7, 11) is 0. The molecule has 98 valence electrons. The lowest BCUT2D eigenvalue weighted by Crippen LogP contribution is -2.12. The number of benzene rings is 2. The van der Waals surface area contributed by atoms with Crippen LogP contribution in [-0.4, -0.2) is 11.1 Å². The molecule has 2 nitrogen and oxygen atoms in total. The minimum Gasteiger partial charge on any atom is -0.481 e. The minimum atomic E-state index is -0.766. The fourth-order valence-electron chi connectivity index (χ4n) is 2.08. The van der Waals surface area contributed by atoms with Gasteiger partial charge in [-0.1, -0.05) is 58.4 Å². The minimum absolute atomic E-state index is 0.451. The Morgan fingerprint density at radius 3 is 2.26 bits per heavy atom. The molecule has 0 amide bonds. The first-order valence-electron chi connectivity index (χ1n) is 6.19. The molecule has 2 rings (SSSR count). The van der Waals surface area contributed by atoms with E-state index in [1.807, 2.05) is 54.6 Å². The topological polar surface area (TPSA) is 37.3 Å². The Balaban J connectivity index is 2.09. The summed E-state index contributed by atoms with van der Waals surface area (Å²) in [6, 6.07) is 17.5. The molecular weight excluding hydrogens is 304 g/mol. The lowest BCUT2D eigenvalue weighted by Gasteiger charge is -2.13. The fourth-order valence-corrected chi connectivity index (χ4v) is 2.35. The molecule has 0 saturated heterocycles. The van der Waals surface area contributed by atoms with Gasteiger partial charge < -0.3 is 5.11 Å². The number of aliphatic carboxylic acids is 1. The average Bonchev–Trinajstić information content (AvgIpc) is 2.42. The largest absolute Gasteiger partial charge is 0.481 e. The first-order valence-corrected chi connectivity index (χ1v) is 6.98. The van der Waals surface area contributed by atoms with Crippen LogP contribution in [0.25, 0.3) is 0 Å². The summed E-state index contributed by atoms with van der Waals surface area (Å²) in [5.74, 6) is -1.22. The standard InChI is InChI=1S/C16H15BrO2/c17-14-9-7-13(8-10-14)15(16(18)19)11-6-12-4-2-1-3-5-12/h1-5,7-10,15H,6,11H2,(H,18,19). The van der Waals surface area contributed by atoms with Crippen molar-refractivity contribution in [3.63, 3.8) is 0 Å². The third kappa shape index (κ3) is 3.93. The molecule has 1 N–H and O–H groups in total.